The first-order valence-electron chi connectivity index (χ1n) is 9.77. The Hall–Kier alpha value is -2.31. The van der Waals surface area contributed by atoms with Crippen molar-refractivity contribution < 1.29 is 9.53 Å². The van der Waals surface area contributed by atoms with Gasteiger partial charge in [0.05, 0.1) is 23.8 Å². The maximum absolute atomic E-state index is 12.1. The zero-order valence-corrected chi connectivity index (χ0v) is 17.2. The van der Waals surface area contributed by atoms with Crippen molar-refractivity contribution in [2.24, 2.45) is 14.1 Å². The second-order valence-corrected chi connectivity index (χ2v) is 8.28. The fraction of sp³-hybridized carbons (Fsp3) is 0.650. The average molecular weight is 374 g/mol. The highest BCUT2D eigenvalue weighted by Crippen LogP contribution is 2.27. The van der Waals surface area contributed by atoms with Gasteiger partial charge < -0.3 is 4.74 Å². The smallest absolute Gasteiger partial charge is 0.414 e. The summed E-state index contributed by atoms with van der Waals surface area (Å²) in [6.07, 6.45) is 10.5. The topological polar surface area (TPSA) is 65.2 Å². The summed E-state index contributed by atoms with van der Waals surface area (Å²) in [7, 11) is 3.93. The minimum Gasteiger partial charge on any atom is -0.443 e. The zero-order chi connectivity index (χ0) is 19.6. The van der Waals surface area contributed by atoms with E-state index in [0.717, 1.165) is 24.2 Å². The molecular formula is C20H31N5O2. The first-order chi connectivity index (χ1) is 12.8. The van der Waals surface area contributed by atoms with Crippen LogP contribution in [0.2, 0.25) is 0 Å². The molecule has 0 fully saturated rings. The number of carbonyl (C=O) groups is 1. The van der Waals surface area contributed by atoms with Gasteiger partial charge in [-0.1, -0.05) is 0 Å². The van der Waals surface area contributed by atoms with Crippen LogP contribution in [0.25, 0.3) is 0 Å². The van der Waals surface area contributed by atoms with Gasteiger partial charge in [0.25, 0.3) is 0 Å². The SMILES string of the molecule is Cn1ncc2c1CCCC2.Cn1ncc2c1CCCN2C(=O)OC(C)(C)C. The normalized spacial score (nSPS) is 16.1. The minimum absolute atomic E-state index is 0.286. The lowest BCUT2D eigenvalue weighted by Crippen LogP contribution is -2.39. The van der Waals surface area contributed by atoms with E-state index in [1.165, 1.54) is 36.9 Å². The van der Waals surface area contributed by atoms with Crippen LogP contribution in [0, 0.1) is 0 Å². The van der Waals surface area contributed by atoms with Gasteiger partial charge in [0, 0.05) is 26.3 Å². The molecule has 1 aliphatic heterocycles. The van der Waals surface area contributed by atoms with Crippen LogP contribution in [-0.4, -0.2) is 37.8 Å². The molecule has 0 aromatic carbocycles. The Morgan fingerprint density at radius 1 is 0.963 bits per heavy atom. The molecule has 27 heavy (non-hydrogen) atoms. The zero-order valence-electron chi connectivity index (χ0n) is 17.2. The Morgan fingerprint density at radius 3 is 2.30 bits per heavy atom. The van der Waals surface area contributed by atoms with Gasteiger partial charge in [0.2, 0.25) is 0 Å². The van der Waals surface area contributed by atoms with Crippen molar-refractivity contribution in [2.75, 3.05) is 11.4 Å². The van der Waals surface area contributed by atoms with Crippen LogP contribution < -0.4 is 4.90 Å². The monoisotopic (exact) mass is 373 g/mol. The highest BCUT2D eigenvalue weighted by atomic mass is 16.6. The Balaban J connectivity index is 0.000000177. The van der Waals surface area contributed by atoms with E-state index in [9.17, 15) is 4.79 Å². The number of nitrogens with zero attached hydrogens (tertiary/aromatic N) is 5. The van der Waals surface area contributed by atoms with E-state index in [4.69, 9.17) is 4.74 Å². The summed E-state index contributed by atoms with van der Waals surface area (Å²) in [5, 5.41) is 8.41. The lowest BCUT2D eigenvalue weighted by atomic mass is 9.98. The second kappa shape index (κ2) is 7.74. The van der Waals surface area contributed by atoms with Gasteiger partial charge >= 0.3 is 6.09 Å². The molecule has 2 aliphatic rings. The number of hydrogen-bond donors (Lipinski definition) is 0. The van der Waals surface area contributed by atoms with Crippen molar-refractivity contribution in [3.63, 3.8) is 0 Å². The Morgan fingerprint density at radius 2 is 1.59 bits per heavy atom. The predicted octanol–water partition coefficient (Wildman–Crippen LogP) is 3.41. The fourth-order valence-corrected chi connectivity index (χ4v) is 3.65. The third kappa shape index (κ3) is 4.51. The van der Waals surface area contributed by atoms with Crippen molar-refractivity contribution in [1.82, 2.24) is 19.6 Å². The van der Waals surface area contributed by atoms with Gasteiger partial charge in [0.15, 0.2) is 0 Å². The third-order valence-electron chi connectivity index (χ3n) is 5.00. The molecule has 0 spiro atoms. The first kappa shape index (κ1) is 19.5. The summed E-state index contributed by atoms with van der Waals surface area (Å²) in [6, 6.07) is 0. The van der Waals surface area contributed by atoms with Crippen LogP contribution in [0.3, 0.4) is 0 Å². The maximum Gasteiger partial charge on any atom is 0.414 e. The Labute approximate surface area is 161 Å². The molecule has 0 bridgehead atoms. The summed E-state index contributed by atoms with van der Waals surface area (Å²) >= 11 is 0. The fourth-order valence-electron chi connectivity index (χ4n) is 3.65. The molecule has 0 saturated heterocycles. The van der Waals surface area contributed by atoms with Crippen LogP contribution in [0.1, 0.15) is 57.0 Å². The molecule has 0 saturated carbocycles. The van der Waals surface area contributed by atoms with Crippen molar-refractivity contribution in [3.05, 3.63) is 29.3 Å². The number of hydrogen-bond acceptors (Lipinski definition) is 4. The van der Waals surface area contributed by atoms with E-state index in [1.807, 2.05) is 50.4 Å². The molecule has 0 radical (unpaired) electrons. The highest BCUT2D eigenvalue weighted by molar-refractivity contribution is 5.88. The van der Waals surface area contributed by atoms with Crippen molar-refractivity contribution in [3.8, 4) is 0 Å². The Bertz CT molecular complexity index is 800. The number of aromatic nitrogens is 4. The minimum atomic E-state index is -0.461. The lowest BCUT2D eigenvalue weighted by Gasteiger charge is -2.29. The predicted molar refractivity (Wildman–Crippen MR) is 105 cm³/mol. The summed E-state index contributed by atoms with van der Waals surface area (Å²) in [5.74, 6) is 0. The molecule has 7 heteroatoms. The number of ether oxygens (including phenoxy) is 1. The molecule has 2 aromatic heterocycles. The molecule has 148 valence electrons. The molecular weight excluding hydrogens is 342 g/mol. The quantitative estimate of drug-likeness (QED) is 0.710. The van der Waals surface area contributed by atoms with Crippen LogP contribution in [0.5, 0.6) is 0 Å². The number of rotatable bonds is 0. The maximum atomic E-state index is 12.1. The largest absolute Gasteiger partial charge is 0.443 e. The van der Waals surface area contributed by atoms with Crippen molar-refractivity contribution in [1.29, 1.82) is 0 Å². The molecule has 2 aromatic rings. The lowest BCUT2D eigenvalue weighted by molar-refractivity contribution is 0.0577. The van der Waals surface area contributed by atoms with E-state index < -0.39 is 5.60 Å². The van der Waals surface area contributed by atoms with E-state index in [0.29, 0.717) is 6.54 Å². The van der Waals surface area contributed by atoms with E-state index in [1.54, 1.807) is 11.1 Å². The van der Waals surface area contributed by atoms with Crippen LogP contribution >= 0.6 is 0 Å². The van der Waals surface area contributed by atoms with Gasteiger partial charge in [-0.05, 0) is 64.9 Å². The number of aryl methyl sites for hydroxylation is 3. The number of carbonyl (C=O) groups excluding carboxylic acids is 1. The molecule has 1 amide bonds. The number of anilines is 1. The summed E-state index contributed by atoms with van der Waals surface area (Å²) < 4.78 is 9.23. The summed E-state index contributed by atoms with van der Waals surface area (Å²) in [5.41, 5.74) is 4.44. The van der Waals surface area contributed by atoms with Crippen LogP contribution in [0.4, 0.5) is 10.5 Å². The van der Waals surface area contributed by atoms with Crippen LogP contribution in [-0.2, 0) is 38.1 Å². The first-order valence-corrected chi connectivity index (χ1v) is 9.77. The van der Waals surface area contributed by atoms with Crippen LogP contribution in [0.15, 0.2) is 12.4 Å². The van der Waals surface area contributed by atoms with Gasteiger partial charge in [0.1, 0.15) is 5.60 Å². The third-order valence-corrected chi connectivity index (χ3v) is 5.00. The molecule has 0 unspecified atom stereocenters. The van der Waals surface area contributed by atoms with Gasteiger partial charge in [-0.3, -0.25) is 14.3 Å². The number of fused-ring (bicyclic) bond motifs is 2. The highest BCUT2D eigenvalue weighted by Gasteiger charge is 2.29. The van der Waals surface area contributed by atoms with Gasteiger partial charge in [-0.2, -0.15) is 10.2 Å². The average Bonchev–Trinajstić information content (AvgIpc) is 3.18. The van der Waals surface area contributed by atoms with Gasteiger partial charge in [-0.25, -0.2) is 4.79 Å². The molecule has 1 aliphatic carbocycles. The van der Waals surface area contributed by atoms with Gasteiger partial charge in [-0.15, -0.1) is 0 Å². The molecule has 7 nitrogen and oxygen atoms in total. The van der Waals surface area contributed by atoms with E-state index in [2.05, 4.69) is 10.2 Å². The molecule has 3 heterocycles. The summed E-state index contributed by atoms with van der Waals surface area (Å²) in [6.45, 7) is 6.32. The second-order valence-electron chi connectivity index (χ2n) is 8.28. The van der Waals surface area contributed by atoms with E-state index >= 15 is 0 Å². The molecule has 0 N–H and O–H groups in total. The summed E-state index contributed by atoms with van der Waals surface area (Å²) in [4.78, 5) is 13.7. The van der Waals surface area contributed by atoms with E-state index in [-0.39, 0.29) is 6.09 Å². The molecule has 4 rings (SSSR count). The number of amides is 1. The molecule has 0 atom stereocenters. The standard InChI is InChI=1S/C12H19N3O2.C8H12N2/c1-12(2,3)17-11(16)15-7-5-6-9-10(15)8-13-14(9)4;1-10-8-5-3-2-4-7(8)6-9-10/h8H,5-7H2,1-4H3;6H,2-5H2,1H3. The van der Waals surface area contributed by atoms with Crippen molar-refractivity contribution >= 4 is 11.8 Å². The Kier molecular flexibility index (Phi) is 5.58. The van der Waals surface area contributed by atoms with Crippen molar-refractivity contribution in [2.45, 2.75) is 64.9 Å².